The summed E-state index contributed by atoms with van der Waals surface area (Å²) in [6, 6.07) is 9.54. The van der Waals surface area contributed by atoms with Gasteiger partial charge in [0, 0.05) is 29.6 Å². The Kier molecular flexibility index (Phi) is 6.90. The summed E-state index contributed by atoms with van der Waals surface area (Å²) in [6.45, 7) is 5.29. The summed E-state index contributed by atoms with van der Waals surface area (Å²) in [7, 11) is 1.64. The van der Waals surface area contributed by atoms with Crippen LogP contribution in [0.2, 0.25) is 5.02 Å². The summed E-state index contributed by atoms with van der Waals surface area (Å²) in [4.78, 5) is 20.3. The standard InChI is InChI=1S/C24H28ClN3O3/c1-17-23(22(29)16-27-10-4-3-5-11-27)24-21(14-20(15-26-24)31-13-12-30-2)28(17)19-8-6-18(25)7-9-19/h6-9,14-15H,3-5,10-13,16H2,1-2H3. The van der Waals surface area contributed by atoms with Gasteiger partial charge in [0.15, 0.2) is 5.78 Å². The third-order valence-corrected chi connectivity index (χ3v) is 6.01. The molecule has 1 saturated heterocycles. The number of nitrogens with zero attached hydrogens (tertiary/aromatic N) is 3. The minimum absolute atomic E-state index is 0.109. The Balaban J connectivity index is 1.77. The van der Waals surface area contributed by atoms with Crippen molar-refractivity contribution < 1.29 is 14.3 Å². The van der Waals surface area contributed by atoms with Crippen LogP contribution in [0.25, 0.3) is 16.7 Å². The number of hydrogen-bond acceptors (Lipinski definition) is 5. The Morgan fingerprint density at radius 3 is 2.58 bits per heavy atom. The number of benzene rings is 1. The van der Waals surface area contributed by atoms with Gasteiger partial charge in [0.05, 0.1) is 35.9 Å². The molecule has 2 aromatic heterocycles. The minimum atomic E-state index is 0.109. The fourth-order valence-corrected chi connectivity index (χ4v) is 4.37. The van der Waals surface area contributed by atoms with Crippen LogP contribution in [0.15, 0.2) is 36.5 Å². The number of rotatable bonds is 8. The number of ketones is 1. The molecule has 3 aromatic rings. The van der Waals surface area contributed by atoms with Crippen LogP contribution in [0.5, 0.6) is 5.75 Å². The van der Waals surface area contributed by atoms with Gasteiger partial charge in [-0.25, -0.2) is 4.98 Å². The van der Waals surface area contributed by atoms with Crippen LogP contribution in [0.1, 0.15) is 35.3 Å². The van der Waals surface area contributed by atoms with E-state index in [4.69, 9.17) is 21.1 Å². The molecule has 6 nitrogen and oxygen atoms in total. The summed E-state index contributed by atoms with van der Waals surface area (Å²) in [5, 5.41) is 0.668. The molecule has 0 atom stereocenters. The maximum atomic E-state index is 13.4. The van der Waals surface area contributed by atoms with Crippen LogP contribution in [0.3, 0.4) is 0 Å². The molecule has 0 spiro atoms. The molecule has 0 aliphatic carbocycles. The van der Waals surface area contributed by atoms with Gasteiger partial charge in [-0.3, -0.25) is 9.69 Å². The Morgan fingerprint density at radius 1 is 1.13 bits per heavy atom. The Labute approximate surface area is 187 Å². The second kappa shape index (κ2) is 9.81. The van der Waals surface area contributed by atoms with E-state index in [-0.39, 0.29) is 5.78 Å². The first-order chi connectivity index (χ1) is 15.1. The van der Waals surface area contributed by atoms with E-state index >= 15 is 0 Å². The monoisotopic (exact) mass is 441 g/mol. The molecule has 7 heteroatoms. The lowest BCUT2D eigenvalue weighted by molar-refractivity contribution is 0.0916. The van der Waals surface area contributed by atoms with Gasteiger partial charge < -0.3 is 14.0 Å². The van der Waals surface area contributed by atoms with Gasteiger partial charge in [-0.05, 0) is 57.1 Å². The Hall–Kier alpha value is -2.41. The molecule has 1 aromatic carbocycles. The molecule has 1 aliphatic heterocycles. The average molecular weight is 442 g/mol. The molecule has 0 unspecified atom stereocenters. The second-order valence-corrected chi connectivity index (χ2v) is 8.35. The largest absolute Gasteiger partial charge is 0.489 e. The van der Waals surface area contributed by atoms with Crippen molar-refractivity contribution in [2.75, 3.05) is 40.0 Å². The van der Waals surface area contributed by atoms with Gasteiger partial charge in [0.1, 0.15) is 12.4 Å². The number of pyridine rings is 1. The number of carbonyl (C=O) groups is 1. The van der Waals surface area contributed by atoms with Crippen molar-refractivity contribution in [1.29, 1.82) is 0 Å². The van der Waals surface area contributed by atoms with Crippen LogP contribution in [-0.4, -0.2) is 60.2 Å². The molecule has 0 amide bonds. The predicted molar refractivity (Wildman–Crippen MR) is 123 cm³/mol. The molecule has 4 rings (SSSR count). The third-order valence-electron chi connectivity index (χ3n) is 5.75. The first-order valence-corrected chi connectivity index (χ1v) is 11.1. The zero-order valence-electron chi connectivity index (χ0n) is 18.1. The number of likely N-dealkylation sites (tertiary alicyclic amines) is 1. The second-order valence-electron chi connectivity index (χ2n) is 7.91. The lowest BCUT2D eigenvalue weighted by atomic mass is 10.1. The van der Waals surface area contributed by atoms with Gasteiger partial charge in [-0.15, -0.1) is 0 Å². The van der Waals surface area contributed by atoms with Crippen molar-refractivity contribution in [3.63, 3.8) is 0 Å². The fourth-order valence-electron chi connectivity index (χ4n) is 4.24. The Bertz CT molecular complexity index is 1060. The van der Waals surface area contributed by atoms with E-state index < -0.39 is 0 Å². The third kappa shape index (κ3) is 4.76. The van der Waals surface area contributed by atoms with Crippen molar-refractivity contribution in [2.24, 2.45) is 0 Å². The highest BCUT2D eigenvalue weighted by molar-refractivity contribution is 6.30. The molecule has 1 aliphatic rings. The van der Waals surface area contributed by atoms with Gasteiger partial charge in [-0.1, -0.05) is 18.0 Å². The molecular formula is C24H28ClN3O3. The first-order valence-electron chi connectivity index (χ1n) is 10.7. The summed E-state index contributed by atoms with van der Waals surface area (Å²) in [6.07, 6.45) is 5.23. The van der Waals surface area contributed by atoms with Gasteiger partial charge in [-0.2, -0.15) is 0 Å². The quantitative estimate of drug-likeness (QED) is 0.375. The molecule has 0 N–H and O–H groups in total. The minimum Gasteiger partial charge on any atom is -0.489 e. The van der Waals surface area contributed by atoms with Crippen molar-refractivity contribution in [2.45, 2.75) is 26.2 Å². The number of Topliss-reactive ketones (excluding diaryl/α,β-unsaturated/α-hetero) is 1. The zero-order chi connectivity index (χ0) is 21.8. The number of piperidine rings is 1. The smallest absolute Gasteiger partial charge is 0.180 e. The molecule has 31 heavy (non-hydrogen) atoms. The molecule has 0 radical (unpaired) electrons. The average Bonchev–Trinajstić information content (AvgIpc) is 3.06. The van der Waals surface area contributed by atoms with Gasteiger partial charge in [0.25, 0.3) is 0 Å². The SMILES string of the molecule is COCCOc1cnc2c(C(=O)CN3CCCCC3)c(C)n(-c3ccc(Cl)cc3)c2c1. The highest BCUT2D eigenvalue weighted by Gasteiger charge is 2.24. The van der Waals surface area contributed by atoms with Crippen molar-refractivity contribution in [3.8, 4) is 11.4 Å². The summed E-state index contributed by atoms with van der Waals surface area (Å²) >= 11 is 6.10. The number of methoxy groups -OCH3 is 1. The molecule has 164 valence electrons. The van der Waals surface area contributed by atoms with E-state index in [0.717, 1.165) is 42.8 Å². The highest BCUT2D eigenvalue weighted by Crippen LogP contribution is 2.31. The van der Waals surface area contributed by atoms with E-state index in [2.05, 4.69) is 14.5 Å². The van der Waals surface area contributed by atoms with Crippen molar-refractivity contribution in [1.82, 2.24) is 14.5 Å². The summed E-state index contributed by atoms with van der Waals surface area (Å²) in [5.41, 5.74) is 4.03. The number of halogens is 1. The van der Waals surface area contributed by atoms with E-state index in [1.165, 1.54) is 6.42 Å². The topological polar surface area (TPSA) is 56.6 Å². The predicted octanol–water partition coefficient (Wildman–Crippen LogP) is 4.68. The van der Waals surface area contributed by atoms with Crippen LogP contribution >= 0.6 is 11.6 Å². The molecule has 3 heterocycles. The van der Waals surface area contributed by atoms with Crippen LogP contribution < -0.4 is 4.74 Å². The lowest BCUT2D eigenvalue weighted by Crippen LogP contribution is -2.34. The zero-order valence-corrected chi connectivity index (χ0v) is 18.8. The van der Waals surface area contributed by atoms with Gasteiger partial charge >= 0.3 is 0 Å². The normalized spacial score (nSPS) is 14.8. The number of aromatic nitrogens is 2. The van der Waals surface area contributed by atoms with E-state index in [1.807, 2.05) is 37.3 Å². The molecular weight excluding hydrogens is 414 g/mol. The number of carbonyl (C=O) groups excluding carboxylic acids is 1. The van der Waals surface area contributed by atoms with E-state index in [0.29, 0.717) is 41.6 Å². The number of fused-ring (bicyclic) bond motifs is 1. The Morgan fingerprint density at radius 2 is 1.87 bits per heavy atom. The highest BCUT2D eigenvalue weighted by atomic mass is 35.5. The van der Waals surface area contributed by atoms with Crippen molar-refractivity contribution in [3.05, 3.63) is 52.8 Å². The lowest BCUT2D eigenvalue weighted by Gasteiger charge is -2.25. The van der Waals surface area contributed by atoms with Crippen LogP contribution in [-0.2, 0) is 4.74 Å². The molecule has 0 saturated carbocycles. The van der Waals surface area contributed by atoms with Crippen molar-refractivity contribution >= 4 is 28.4 Å². The number of ether oxygens (including phenoxy) is 2. The van der Waals surface area contributed by atoms with Gasteiger partial charge in [0.2, 0.25) is 0 Å². The van der Waals surface area contributed by atoms with E-state index in [9.17, 15) is 4.79 Å². The summed E-state index contributed by atoms with van der Waals surface area (Å²) < 4.78 is 12.9. The maximum Gasteiger partial charge on any atom is 0.180 e. The molecule has 1 fully saturated rings. The van der Waals surface area contributed by atoms with Crippen LogP contribution in [0, 0.1) is 6.92 Å². The fraction of sp³-hybridized carbons (Fsp3) is 0.417. The van der Waals surface area contributed by atoms with Crippen LogP contribution in [0.4, 0.5) is 0 Å². The summed E-state index contributed by atoms with van der Waals surface area (Å²) in [5.74, 6) is 0.755. The maximum absolute atomic E-state index is 13.4. The first kappa shape index (κ1) is 21.8. The molecule has 0 bridgehead atoms. The number of hydrogen-bond donors (Lipinski definition) is 0. The van der Waals surface area contributed by atoms with E-state index in [1.54, 1.807) is 13.3 Å².